The second kappa shape index (κ2) is 6.91. The largest absolute Gasteiger partial charge is 0.322 e. The van der Waals surface area contributed by atoms with Crippen LogP contribution >= 0.6 is 27.5 Å². The van der Waals surface area contributed by atoms with Crippen LogP contribution in [0.1, 0.15) is 36.7 Å². The minimum absolute atomic E-state index is 0.0234. The molecule has 0 heterocycles. The molecule has 126 valence electrons. The van der Waals surface area contributed by atoms with Gasteiger partial charge in [0, 0.05) is 21.8 Å². The Hall–Kier alpha value is -1.92. The molecule has 0 aliphatic heterocycles. The van der Waals surface area contributed by atoms with E-state index in [0.29, 0.717) is 11.3 Å². The Balaban J connectivity index is 2.26. The molecule has 2 rings (SSSR count). The summed E-state index contributed by atoms with van der Waals surface area (Å²) in [5.41, 5.74) is 1.55. The Morgan fingerprint density at radius 3 is 2.42 bits per heavy atom. The molecule has 2 aromatic rings. The van der Waals surface area contributed by atoms with Crippen LogP contribution < -0.4 is 5.32 Å². The molecule has 0 aliphatic carbocycles. The van der Waals surface area contributed by atoms with Gasteiger partial charge in [0.25, 0.3) is 11.6 Å². The molecule has 0 bridgehead atoms. The van der Waals surface area contributed by atoms with Gasteiger partial charge in [-0.15, -0.1) is 0 Å². The standard InChI is InChI=1S/C17H16BrClN2O3/c1-17(2,3)12-6-4-10(8-13(12)18)16(22)20-11-5-7-14(19)15(9-11)21(23)24/h4-9H,1-3H3,(H,20,22). The van der Waals surface area contributed by atoms with E-state index in [0.717, 1.165) is 10.0 Å². The summed E-state index contributed by atoms with van der Waals surface area (Å²) in [5.74, 6) is -0.354. The van der Waals surface area contributed by atoms with Gasteiger partial charge in [-0.25, -0.2) is 0 Å². The first-order valence-electron chi connectivity index (χ1n) is 7.15. The number of hydrogen-bond donors (Lipinski definition) is 1. The maximum Gasteiger partial charge on any atom is 0.289 e. The fourth-order valence-corrected chi connectivity index (χ4v) is 3.36. The summed E-state index contributed by atoms with van der Waals surface area (Å²) in [4.78, 5) is 22.7. The number of carbonyl (C=O) groups excluding carboxylic acids is 1. The smallest absolute Gasteiger partial charge is 0.289 e. The van der Waals surface area contributed by atoms with Gasteiger partial charge in [0.2, 0.25) is 0 Å². The van der Waals surface area contributed by atoms with E-state index >= 15 is 0 Å². The number of carbonyl (C=O) groups is 1. The Morgan fingerprint density at radius 2 is 1.88 bits per heavy atom. The molecule has 0 aliphatic rings. The monoisotopic (exact) mass is 410 g/mol. The van der Waals surface area contributed by atoms with Gasteiger partial charge in [0.1, 0.15) is 5.02 Å². The molecule has 24 heavy (non-hydrogen) atoms. The number of nitrogens with one attached hydrogen (secondary N) is 1. The molecule has 1 N–H and O–H groups in total. The van der Waals surface area contributed by atoms with E-state index in [1.807, 2.05) is 6.07 Å². The highest BCUT2D eigenvalue weighted by Crippen LogP contribution is 2.31. The van der Waals surface area contributed by atoms with Crippen LogP contribution in [0.2, 0.25) is 5.02 Å². The van der Waals surface area contributed by atoms with Gasteiger partial charge in [0.15, 0.2) is 0 Å². The van der Waals surface area contributed by atoms with Crippen molar-refractivity contribution in [3.63, 3.8) is 0 Å². The fraction of sp³-hybridized carbons (Fsp3) is 0.235. The van der Waals surface area contributed by atoms with Gasteiger partial charge in [0.05, 0.1) is 4.92 Å². The summed E-state index contributed by atoms with van der Waals surface area (Å²) in [5, 5.41) is 13.6. The molecule has 2 aromatic carbocycles. The Kier molecular flexibility index (Phi) is 5.30. The molecule has 0 atom stereocenters. The van der Waals surface area contributed by atoms with Gasteiger partial charge < -0.3 is 5.32 Å². The zero-order chi connectivity index (χ0) is 18.1. The first-order chi connectivity index (χ1) is 11.1. The van der Waals surface area contributed by atoms with E-state index in [1.54, 1.807) is 12.1 Å². The number of halogens is 2. The molecule has 0 radical (unpaired) electrons. The number of benzene rings is 2. The molecule has 0 unspecified atom stereocenters. The number of amides is 1. The van der Waals surface area contributed by atoms with Gasteiger partial charge >= 0.3 is 0 Å². The van der Waals surface area contributed by atoms with Crippen LogP contribution in [0.3, 0.4) is 0 Å². The Labute approximate surface area is 153 Å². The van der Waals surface area contributed by atoms with E-state index in [2.05, 4.69) is 42.0 Å². The predicted octanol–water partition coefficient (Wildman–Crippen LogP) is 5.56. The first kappa shape index (κ1) is 18.4. The number of nitro groups is 1. The average Bonchev–Trinajstić information content (AvgIpc) is 2.47. The van der Waals surface area contributed by atoms with E-state index in [1.165, 1.54) is 18.2 Å². The molecule has 7 heteroatoms. The van der Waals surface area contributed by atoms with Crippen LogP contribution in [0, 0.1) is 10.1 Å². The molecular weight excluding hydrogens is 396 g/mol. The van der Waals surface area contributed by atoms with Crippen LogP contribution in [0.25, 0.3) is 0 Å². The zero-order valence-corrected chi connectivity index (χ0v) is 15.7. The normalized spacial score (nSPS) is 11.2. The van der Waals surface area contributed by atoms with Crippen LogP contribution in [0.5, 0.6) is 0 Å². The summed E-state index contributed by atoms with van der Waals surface area (Å²) in [6.07, 6.45) is 0. The van der Waals surface area contributed by atoms with Crippen molar-refractivity contribution in [3.05, 3.63) is 67.1 Å². The highest BCUT2D eigenvalue weighted by atomic mass is 79.9. The van der Waals surface area contributed by atoms with Crippen molar-refractivity contribution in [1.29, 1.82) is 0 Å². The summed E-state index contributed by atoms with van der Waals surface area (Å²) in [7, 11) is 0. The molecule has 1 amide bonds. The van der Waals surface area contributed by atoms with Crippen molar-refractivity contribution in [2.24, 2.45) is 0 Å². The quantitative estimate of drug-likeness (QED) is 0.531. The van der Waals surface area contributed by atoms with Crippen LogP contribution in [-0.4, -0.2) is 10.8 Å². The summed E-state index contributed by atoms with van der Waals surface area (Å²) >= 11 is 9.26. The molecular formula is C17H16BrClN2O3. The maximum absolute atomic E-state index is 12.4. The average molecular weight is 412 g/mol. The number of hydrogen-bond acceptors (Lipinski definition) is 3. The SMILES string of the molecule is CC(C)(C)c1ccc(C(=O)Nc2ccc(Cl)c([N+](=O)[O-])c2)cc1Br. The molecule has 5 nitrogen and oxygen atoms in total. The van der Waals surface area contributed by atoms with Crippen LogP contribution in [0.15, 0.2) is 40.9 Å². The van der Waals surface area contributed by atoms with Crippen molar-refractivity contribution in [2.75, 3.05) is 5.32 Å². The molecule has 0 saturated carbocycles. The minimum atomic E-state index is -0.591. The van der Waals surface area contributed by atoms with Crippen molar-refractivity contribution in [2.45, 2.75) is 26.2 Å². The van der Waals surface area contributed by atoms with Gasteiger partial charge in [-0.1, -0.05) is 54.4 Å². The lowest BCUT2D eigenvalue weighted by atomic mass is 9.86. The third-order valence-electron chi connectivity index (χ3n) is 3.44. The van der Waals surface area contributed by atoms with Crippen LogP contribution in [0.4, 0.5) is 11.4 Å². The van der Waals surface area contributed by atoms with Gasteiger partial charge in [-0.3, -0.25) is 14.9 Å². The molecule has 0 spiro atoms. The van der Waals surface area contributed by atoms with Crippen molar-refractivity contribution in [1.82, 2.24) is 0 Å². The Morgan fingerprint density at radius 1 is 1.21 bits per heavy atom. The third-order valence-corrected chi connectivity index (χ3v) is 4.42. The highest BCUT2D eigenvalue weighted by Gasteiger charge is 2.19. The number of rotatable bonds is 3. The fourth-order valence-electron chi connectivity index (χ4n) is 2.20. The first-order valence-corrected chi connectivity index (χ1v) is 8.32. The van der Waals surface area contributed by atoms with Gasteiger partial charge in [-0.05, 0) is 35.2 Å². The van der Waals surface area contributed by atoms with E-state index in [4.69, 9.17) is 11.6 Å². The minimum Gasteiger partial charge on any atom is -0.322 e. The lowest BCUT2D eigenvalue weighted by Crippen LogP contribution is -2.15. The van der Waals surface area contributed by atoms with E-state index < -0.39 is 4.92 Å². The lowest BCUT2D eigenvalue weighted by molar-refractivity contribution is -0.384. The number of anilines is 1. The maximum atomic E-state index is 12.4. The molecule has 0 fully saturated rings. The summed E-state index contributed by atoms with van der Waals surface area (Å²) < 4.78 is 0.838. The lowest BCUT2D eigenvalue weighted by Gasteiger charge is -2.21. The zero-order valence-electron chi connectivity index (χ0n) is 13.4. The topological polar surface area (TPSA) is 72.2 Å². The van der Waals surface area contributed by atoms with Crippen molar-refractivity contribution < 1.29 is 9.72 Å². The predicted molar refractivity (Wildman–Crippen MR) is 98.9 cm³/mol. The second-order valence-corrected chi connectivity index (χ2v) is 7.58. The van der Waals surface area contributed by atoms with Gasteiger partial charge in [-0.2, -0.15) is 0 Å². The highest BCUT2D eigenvalue weighted by molar-refractivity contribution is 9.10. The summed E-state index contributed by atoms with van der Waals surface area (Å²) in [6.45, 7) is 6.25. The third kappa shape index (κ3) is 4.13. The van der Waals surface area contributed by atoms with Crippen LogP contribution in [-0.2, 0) is 5.41 Å². The number of nitro benzene ring substituents is 1. The molecule has 0 aromatic heterocycles. The summed E-state index contributed by atoms with van der Waals surface area (Å²) in [6, 6.07) is 9.49. The molecule has 0 saturated heterocycles. The Bertz CT molecular complexity index is 816. The number of nitrogens with zero attached hydrogens (tertiary/aromatic N) is 1. The van der Waals surface area contributed by atoms with Crippen molar-refractivity contribution in [3.8, 4) is 0 Å². The van der Waals surface area contributed by atoms with E-state index in [-0.39, 0.29) is 22.0 Å². The second-order valence-electron chi connectivity index (χ2n) is 6.32. The van der Waals surface area contributed by atoms with E-state index in [9.17, 15) is 14.9 Å². The van der Waals surface area contributed by atoms with Crippen molar-refractivity contribution >= 4 is 44.8 Å².